The molecule has 2 amide bonds. The van der Waals surface area contributed by atoms with Crippen molar-refractivity contribution in [2.45, 2.75) is 44.2 Å². The van der Waals surface area contributed by atoms with Crippen LogP contribution < -0.4 is 19.7 Å². The van der Waals surface area contributed by atoms with E-state index in [1.165, 1.54) is 17.0 Å². The molecule has 6 rings (SSSR count). The van der Waals surface area contributed by atoms with Crippen molar-refractivity contribution in [2.24, 2.45) is 0 Å². The van der Waals surface area contributed by atoms with Gasteiger partial charge >= 0.3 is 0 Å². The van der Waals surface area contributed by atoms with Crippen molar-refractivity contribution in [2.75, 3.05) is 18.1 Å². The number of rotatable bonds is 7. The molecule has 0 saturated heterocycles. The van der Waals surface area contributed by atoms with Gasteiger partial charge in [0.1, 0.15) is 30.8 Å². The Bertz CT molecular complexity index is 1510. The summed E-state index contributed by atoms with van der Waals surface area (Å²) in [5, 5.41) is 3.19. The summed E-state index contributed by atoms with van der Waals surface area (Å²) in [6.45, 7) is 0.812. The number of hydrogen-bond acceptors (Lipinski definition) is 4. The second kappa shape index (κ2) is 11.9. The Balaban J connectivity index is 1.44. The minimum absolute atomic E-state index is 0.0200. The van der Waals surface area contributed by atoms with Crippen LogP contribution in [0, 0.1) is 5.82 Å². The van der Waals surface area contributed by atoms with Crippen molar-refractivity contribution in [3.63, 3.8) is 0 Å². The molecule has 210 valence electrons. The lowest BCUT2D eigenvalue weighted by Crippen LogP contribution is -2.47. The number of fused-ring (bicyclic) bond motifs is 1. The lowest BCUT2D eigenvalue weighted by Gasteiger charge is -2.34. The van der Waals surface area contributed by atoms with Gasteiger partial charge < -0.3 is 19.8 Å². The molecule has 41 heavy (non-hydrogen) atoms. The third-order valence-electron chi connectivity index (χ3n) is 7.67. The largest absolute Gasteiger partial charge is 0.486 e. The van der Waals surface area contributed by atoms with Crippen LogP contribution in [0.2, 0.25) is 0 Å². The van der Waals surface area contributed by atoms with Crippen molar-refractivity contribution in [1.82, 2.24) is 10.3 Å². The summed E-state index contributed by atoms with van der Waals surface area (Å²) in [5.41, 5.74) is 2.99. The van der Waals surface area contributed by atoms with Crippen LogP contribution in [-0.2, 0) is 4.79 Å². The molecule has 4 aromatic rings. The second-order valence-corrected chi connectivity index (χ2v) is 10.5. The highest BCUT2D eigenvalue weighted by Gasteiger charge is 2.36. The van der Waals surface area contributed by atoms with Crippen molar-refractivity contribution in [3.05, 3.63) is 102 Å². The second-order valence-electron chi connectivity index (χ2n) is 10.5. The topological polar surface area (TPSA) is 83.7 Å². The number of carbonyl (C=O) groups is 2. The van der Waals surface area contributed by atoms with Crippen molar-refractivity contribution in [3.8, 4) is 22.8 Å². The molecule has 0 spiro atoms. The molecule has 0 unspecified atom stereocenters. The molecule has 2 heterocycles. The van der Waals surface area contributed by atoms with Crippen LogP contribution in [-0.4, -0.2) is 36.1 Å². The van der Waals surface area contributed by atoms with Gasteiger partial charge in [0, 0.05) is 23.5 Å². The predicted molar refractivity (Wildman–Crippen MR) is 155 cm³/mol. The molecular formula is C33H32FN3O4. The fourth-order valence-corrected chi connectivity index (χ4v) is 5.59. The number of aromatic nitrogens is 1. The highest BCUT2D eigenvalue weighted by Crippen LogP contribution is 2.38. The number of anilines is 1. The lowest BCUT2D eigenvalue weighted by molar-refractivity contribution is -0.123. The van der Waals surface area contributed by atoms with E-state index in [0.717, 1.165) is 43.4 Å². The molecule has 1 aromatic heterocycles. The van der Waals surface area contributed by atoms with E-state index in [1.54, 1.807) is 36.4 Å². The van der Waals surface area contributed by atoms with Crippen LogP contribution in [0.1, 0.15) is 54.2 Å². The maximum Gasteiger partial charge on any atom is 0.275 e. The number of benzene rings is 3. The van der Waals surface area contributed by atoms with Gasteiger partial charge in [-0.05, 0) is 60.4 Å². The van der Waals surface area contributed by atoms with E-state index >= 15 is 0 Å². The van der Waals surface area contributed by atoms with E-state index in [4.69, 9.17) is 9.47 Å². The van der Waals surface area contributed by atoms with Crippen molar-refractivity contribution in [1.29, 1.82) is 0 Å². The van der Waals surface area contributed by atoms with E-state index in [9.17, 15) is 14.0 Å². The summed E-state index contributed by atoms with van der Waals surface area (Å²) >= 11 is 0. The van der Waals surface area contributed by atoms with Crippen LogP contribution in [0.3, 0.4) is 0 Å². The van der Waals surface area contributed by atoms with E-state index in [1.807, 2.05) is 36.4 Å². The quantitative estimate of drug-likeness (QED) is 0.276. The Kier molecular flexibility index (Phi) is 7.71. The average Bonchev–Trinajstić information content (AvgIpc) is 3.51. The Morgan fingerprint density at radius 3 is 2.34 bits per heavy atom. The number of aromatic amines is 1. The number of H-pyrrole nitrogens is 1. The number of ether oxygens (including phenoxy) is 2. The Morgan fingerprint density at radius 1 is 0.854 bits per heavy atom. The number of carbonyl (C=O) groups excluding carboxylic acids is 2. The SMILES string of the molecule is O=C(NC1CCCCC1)[C@H](c1ccc(F)cc1)N(C(=O)c1ccc(-c2ccccc2)[nH]1)c1ccc2c(c1)OCCO2. The summed E-state index contributed by atoms with van der Waals surface area (Å²) in [4.78, 5) is 33.2. The lowest BCUT2D eigenvalue weighted by atomic mass is 9.94. The number of halogens is 1. The molecule has 7 nitrogen and oxygen atoms in total. The molecular weight excluding hydrogens is 521 g/mol. The minimum Gasteiger partial charge on any atom is -0.486 e. The van der Waals surface area contributed by atoms with Gasteiger partial charge in [0.2, 0.25) is 5.91 Å². The Morgan fingerprint density at radius 2 is 1.59 bits per heavy atom. The zero-order chi connectivity index (χ0) is 28.2. The van der Waals surface area contributed by atoms with Gasteiger partial charge in [-0.1, -0.05) is 61.7 Å². The Labute approximate surface area is 238 Å². The molecule has 0 radical (unpaired) electrons. The first-order valence-corrected chi connectivity index (χ1v) is 14.1. The number of amides is 2. The third kappa shape index (κ3) is 5.82. The van der Waals surface area contributed by atoms with Crippen molar-refractivity contribution < 1.29 is 23.5 Å². The smallest absolute Gasteiger partial charge is 0.275 e. The highest BCUT2D eigenvalue weighted by atomic mass is 19.1. The third-order valence-corrected chi connectivity index (χ3v) is 7.67. The van der Waals surface area contributed by atoms with Gasteiger partial charge in [-0.3, -0.25) is 14.5 Å². The van der Waals surface area contributed by atoms with E-state index in [0.29, 0.717) is 41.7 Å². The first-order chi connectivity index (χ1) is 20.1. The fourth-order valence-electron chi connectivity index (χ4n) is 5.59. The Hall–Kier alpha value is -4.59. The molecule has 1 aliphatic carbocycles. The van der Waals surface area contributed by atoms with Crippen LogP contribution in [0.5, 0.6) is 11.5 Å². The molecule has 2 N–H and O–H groups in total. The molecule has 2 aliphatic rings. The fraction of sp³-hybridized carbons (Fsp3) is 0.273. The molecule has 3 aromatic carbocycles. The van der Waals surface area contributed by atoms with Gasteiger partial charge in [-0.15, -0.1) is 0 Å². The zero-order valence-electron chi connectivity index (χ0n) is 22.6. The average molecular weight is 554 g/mol. The van der Waals surface area contributed by atoms with Crippen LogP contribution in [0.15, 0.2) is 84.9 Å². The highest BCUT2D eigenvalue weighted by molar-refractivity contribution is 6.09. The van der Waals surface area contributed by atoms with Gasteiger partial charge in [0.25, 0.3) is 5.91 Å². The molecule has 1 aliphatic heterocycles. The molecule has 1 saturated carbocycles. The molecule has 8 heteroatoms. The number of hydrogen-bond donors (Lipinski definition) is 2. The van der Waals surface area contributed by atoms with E-state index in [2.05, 4.69) is 10.3 Å². The van der Waals surface area contributed by atoms with Gasteiger partial charge in [0.15, 0.2) is 11.5 Å². The molecule has 0 bridgehead atoms. The van der Waals surface area contributed by atoms with E-state index < -0.39 is 17.8 Å². The number of nitrogens with zero attached hydrogens (tertiary/aromatic N) is 1. The summed E-state index contributed by atoms with van der Waals surface area (Å²) < 4.78 is 25.5. The standard InChI is InChI=1S/C33H32FN3O4/c34-24-13-11-23(12-14-24)31(32(38)35-25-9-5-2-6-10-25)37(26-15-18-29-30(21-26)41-20-19-40-29)33(39)28-17-16-27(36-28)22-7-3-1-4-8-22/h1,3-4,7-8,11-18,21,25,31,36H,2,5-6,9-10,19-20H2,(H,35,38)/t31-/m0/s1. The van der Waals surface area contributed by atoms with E-state index in [-0.39, 0.29) is 11.9 Å². The first-order valence-electron chi connectivity index (χ1n) is 14.1. The number of nitrogens with one attached hydrogen (secondary N) is 2. The van der Waals surface area contributed by atoms with Crippen LogP contribution in [0.25, 0.3) is 11.3 Å². The molecule has 1 atom stereocenters. The van der Waals surface area contributed by atoms with Crippen LogP contribution in [0.4, 0.5) is 10.1 Å². The predicted octanol–water partition coefficient (Wildman–Crippen LogP) is 6.43. The molecule has 1 fully saturated rings. The minimum atomic E-state index is -1.06. The van der Waals surface area contributed by atoms with Gasteiger partial charge in [0.05, 0.1) is 0 Å². The monoisotopic (exact) mass is 553 g/mol. The normalized spacial score (nSPS) is 15.6. The zero-order valence-corrected chi connectivity index (χ0v) is 22.6. The van der Waals surface area contributed by atoms with Crippen molar-refractivity contribution >= 4 is 17.5 Å². The summed E-state index contributed by atoms with van der Waals surface area (Å²) in [6.07, 6.45) is 5.00. The summed E-state index contributed by atoms with van der Waals surface area (Å²) in [7, 11) is 0. The maximum absolute atomic E-state index is 14.4. The van der Waals surface area contributed by atoms with Crippen LogP contribution >= 0.6 is 0 Å². The first kappa shape index (κ1) is 26.6. The van der Waals surface area contributed by atoms with Gasteiger partial charge in [-0.2, -0.15) is 0 Å². The summed E-state index contributed by atoms with van der Waals surface area (Å²) in [6, 6.07) is 23.2. The maximum atomic E-state index is 14.4. The van der Waals surface area contributed by atoms with Gasteiger partial charge in [-0.25, -0.2) is 4.39 Å². The summed E-state index contributed by atoms with van der Waals surface area (Å²) in [5.74, 6) is -0.0787.